The van der Waals surface area contributed by atoms with E-state index in [1.165, 1.54) is 31.4 Å². The van der Waals surface area contributed by atoms with Gasteiger partial charge in [0.1, 0.15) is 11.6 Å². The molecule has 29 heavy (non-hydrogen) atoms. The Balaban J connectivity index is 1.84. The van der Waals surface area contributed by atoms with E-state index in [0.717, 1.165) is 19.3 Å². The van der Waals surface area contributed by atoms with Crippen molar-refractivity contribution in [3.8, 4) is 17.2 Å². The van der Waals surface area contributed by atoms with Crippen molar-refractivity contribution in [3.05, 3.63) is 54.3 Å². The smallest absolute Gasteiger partial charge is 0.236 e. The Morgan fingerprint density at radius 3 is 2.38 bits per heavy atom. The summed E-state index contributed by atoms with van der Waals surface area (Å²) in [6, 6.07) is 12.1. The van der Waals surface area contributed by atoms with Gasteiger partial charge in [-0.05, 0) is 55.7 Å². The zero-order valence-corrected chi connectivity index (χ0v) is 16.8. The number of oxazole rings is 1. The van der Waals surface area contributed by atoms with E-state index in [0.29, 0.717) is 18.8 Å². The lowest BCUT2D eigenvalue weighted by Gasteiger charge is -2.26. The summed E-state index contributed by atoms with van der Waals surface area (Å²) in [5.74, 6) is 0.147. The van der Waals surface area contributed by atoms with Crippen molar-refractivity contribution in [1.82, 2.24) is 4.98 Å². The molecule has 0 amide bonds. The number of aromatic nitrogens is 1. The lowest BCUT2D eigenvalue weighted by atomic mass is 10.1. The lowest BCUT2D eigenvalue weighted by molar-refractivity contribution is 0.414. The molecule has 0 spiro atoms. The molecule has 3 aromatic rings. The predicted molar refractivity (Wildman–Crippen MR) is 106 cm³/mol. The highest BCUT2D eigenvalue weighted by molar-refractivity contribution is 7.91. The monoisotopic (exact) mass is 416 g/mol. The molecule has 1 fully saturated rings. The first-order valence-electron chi connectivity index (χ1n) is 9.40. The molecular formula is C21H21FN2O4S. The van der Waals surface area contributed by atoms with Gasteiger partial charge in [-0.1, -0.05) is 12.1 Å². The minimum Gasteiger partial charge on any atom is -0.497 e. The average Bonchev–Trinajstić information content (AvgIpc) is 3.21. The number of nitrogens with zero attached hydrogens (tertiary/aromatic N) is 2. The van der Waals surface area contributed by atoms with E-state index in [1.807, 2.05) is 4.90 Å². The third kappa shape index (κ3) is 3.72. The number of hydrogen-bond acceptors (Lipinski definition) is 6. The van der Waals surface area contributed by atoms with Gasteiger partial charge < -0.3 is 14.1 Å². The van der Waals surface area contributed by atoms with Gasteiger partial charge in [-0.2, -0.15) is 4.98 Å². The molecule has 0 radical (unpaired) electrons. The predicted octanol–water partition coefficient (Wildman–Crippen LogP) is 4.31. The van der Waals surface area contributed by atoms with E-state index >= 15 is 0 Å². The van der Waals surface area contributed by atoms with Crippen molar-refractivity contribution < 1.29 is 22.0 Å². The number of rotatable bonds is 5. The molecule has 1 saturated heterocycles. The molecule has 1 aromatic heterocycles. The summed E-state index contributed by atoms with van der Waals surface area (Å²) >= 11 is 0. The molecule has 0 atom stereocenters. The molecule has 2 heterocycles. The van der Waals surface area contributed by atoms with Crippen LogP contribution in [0.15, 0.2) is 62.9 Å². The van der Waals surface area contributed by atoms with Crippen LogP contribution in [0.25, 0.3) is 11.5 Å². The molecule has 0 aliphatic carbocycles. The quantitative estimate of drug-likeness (QED) is 0.617. The summed E-state index contributed by atoms with van der Waals surface area (Å²) < 4.78 is 51.9. The minimum absolute atomic E-state index is 0.0456. The van der Waals surface area contributed by atoms with E-state index in [9.17, 15) is 12.8 Å². The molecule has 2 aromatic carbocycles. The summed E-state index contributed by atoms with van der Waals surface area (Å²) in [6.45, 7) is 1.33. The van der Waals surface area contributed by atoms with Gasteiger partial charge in [-0.15, -0.1) is 0 Å². The molecule has 1 aliphatic heterocycles. The molecule has 0 saturated carbocycles. The molecule has 0 bridgehead atoms. The number of piperidine rings is 1. The summed E-state index contributed by atoms with van der Waals surface area (Å²) in [4.78, 5) is 6.19. The second-order valence-electron chi connectivity index (χ2n) is 6.84. The Morgan fingerprint density at radius 2 is 1.72 bits per heavy atom. The number of anilines is 1. The summed E-state index contributed by atoms with van der Waals surface area (Å²) in [7, 11) is -2.46. The van der Waals surface area contributed by atoms with Crippen molar-refractivity contribution in [2.45, 2.75) is 29.2 Å². The largest absolute Gasteiger partial charge is 0.497 e. The van der Waals surface area contributed by atoms with Crippen molar-refractivity contribution >= 4 is 15.7 Å². The fraction of sp³-hybridized carbons (Fsp3) is 0.286. The van der Waals surface area contributed by atoms with Crippen molar-refractivity contribution in [2.24, 2.45) is 0 Å². The van der Waals surface area contributed by atoms with Gasteiger partial charge in [-0.3, -0.25) is 0 Å². The number of methoxy groups -OCH3 is 1. The normalized spacial score (nSPS) is 14.8. The maximum absolute atomic E-state index is 14.3. The van der Waals surface area contributed by atoms with Crippen LogP contribution in [0, 0.1) is 5.82 Å². The maximum atomic E-state index is 14.3. The Morgan fingerprint density at radius 1 is 1.03 bits per heavy atom. The van der Waals surface area contributed by atoms with Crippen LogP contribution in [0.2, 0.25) is 0 Å². The second-order valence-corrected chi connectivity index (χ2v) is 8.70. The molecule has 0 unspecified atom stereocenters. The second kappa shape index (κ2) is 7.87. The van der Waals surface area contributed by atoms with E-state index in [-0.39, 0.29) is 27.3 Å². The molecule has 6 nitrogen and oxygen atoms in total. The Kier molecular flexibility index (Phi) is 5.27. The lowest BCUT2D eigenvalue weighted by Crippen LogP contribution is -2.30. The summed E-state index contributed by atoms with van der Waals surface area (Å²) in [5.41, 5.74) is 0.127. The molecule has 152 valence electrons. The van der Waals surface area contributed by atoms with Crippen molar-refractivity contribution in [1.29, 1.82) is 0 Å². The SMILES string of the molecule is COc1ccc(S(=O)(=O)c2nc(-c3ccccc3F)oc2N2CCCCC2)cc1. The fourth-order valence-corrected chi connectivity index (χ4v) is 4.71. The highest BCUT2D eigenvalue weighted by Gasteiger charge is 2.32. The van der Waals surface area contributed by atoms with Crippen LogP contribution < -0.4 is 9.64 Å². The zero-order valence-electron chi connectivity index (χ0n) is 16.0. The number of sulfone groups is 1. The summed E-state index contributed by atoms with van der Waals surface area (Å²) in [6.07, 6.45) is 2.93. The molecular weight excluding hydrogens is 395 g/mol. The first-order chi connectivity index (χ1) is 14.0. The number of hydrogen-bond donors (Lipinski definition) is 0. The standard InChI is InChI=1S/C21H21FN2O4S/c1-27-15-9-11-16(12-10-15)29(25,26)20-21(24-13-5-2-6-14-24)28-19(23-20)17-7-3-4-8-18(17)22/h3-4,7-12H,2,5-6,13-14H2,1H3. The van der Waals surface area contributed by atoms with Gasteiger partial charge in [-0.25, -0.2) is 12.8 Å². The Labute approximate surface area is 168 Å². The van der Waals surface area contributed by atoms with Crippen LogP contribution in [0.5, 0.6) is 5.75 Å². The van der Waals surface area contributed by atoms with Crippen LogP contribution in [0.4, 0.5) is 10.3 Å². The van der Waals surface area contributed by atoms with E-state index < -0.39 is 15.7 Å². The topological polar surface area (TPSA) is 72.6 Å². The van der Waals surface area contributed by atoms with Gasteiger partial charge in [0.05, 0.1) is 17.6 Å². The van der Waals surface area contributed by atoms with Crippen molar-refractivity contribution in [2.75, 3.05) is 25.1 Å². The van der Waals surface area contributed by atoms with Crippen LogP contribution >= 0.6 is 0 Å². The van der Waals surface area contributed by atoms with Crippen molar-refractivity contribution in [3.63, 3.8) is 0 Å². The maximum Gasteiger partial charge on any atom is 0.236 e. The van der Waals surface area contributed by atoms with Crippen LogP contribution in [-0.2, 0) is 9.84 Å². The molecule has 8 heteroatoms. The third-order valence-electron chi connectivity index (χ3n) is 4.95. The number of halogens is 1. The Bertz CT molecular complexity index is 1100. The minimum atomic E-state index is -3.97. The molecule has 1 aliphatic rings. The van der Waals surface area contributed by atoms with Crippen LogP contribution in [0.1, 0.15) is 19.3 Å². The third-order valence-corrected chi connectivity index (χ3v) is 6.62. The zero-order chi connectivity index (χ0) is 20.4. The fourth-order valence-electron chi connectivity index (χ4n) is 3.39. The number of benzene rings is 2. The van der Waals surface area contributed by atoms with Gasteiger partial charge in [0, 0.05) is 13.1 Å². The Hall–Kier alpha value is -2.87. The van der Waals surface area contributed by atoms with Crippen LogP contribution in [-0.4, -0.2) is 33.6 Å². The van der Waals surface area contributed by atoms with E-state index in [1.54, 1.807) is 24.3 Å². The highest BCUT2D eigenvalue weighted by atomic mass is 32.2. The van der Waals surface area contributed by atoms with Gasteiger partial charge in [0.25, 0.3) is 0 Å². The van der Waals surface area contributed by atoms with Crippen LogP contribution in [0.3, 0.4) is 0 Å². The van der Waals surface area contributed by atoms with Gasteiger partial charge >= 0.3 is 0 Å². The molecule has 0 N–H and O–H groups in total. The van der Waals surface area contributed by atoms with E-state index in [4.69, 9.17) is 9.15 Å². The first-order valence-corrected chi connectivity index (χ1v) is 10.9. The number of ether oxygens (including phenoxy) is 1. The van der Waals surface area contributed by atoms with Gasteiger partial charge in [0.2, 0.25) is 26.6 Å². The first kappa shape index (κ1) is 19.4. The summed E-state index contributed by atoms with van der Waals surface area (Å²) in [5, 5.41) is -0.192. The average molecular weight is 416 g/mol. The van der Waals surface area contributed by atoms with E-state index in [2.05, 4.69) is 4.98 Å². The highest BCUT2D eigenvalue weighted by Crippen LogP contribution is 2.36. The molecule has 4 rings (SSSR count). The van der Waals surface area contributed by atoms with Gasteiger partial charge in [0.15, 0.2) is 0 Å².